The number of imidazole rings is 1. The number of nitrogens with zero attached hydrogens (tertiary/aromatic N) is 2. The molecule has 0 fully saturated rings. The third-order valence-electron chi connectivity index (χ3n) is 3.53. The van der Waals surface area contributed by atoms with E-state index >= 15 is 0 Å². The molecular weight excluding hydrogens is 342 g/mol. The van der Waals surface area contributed by atoms with Gasteiger partial charge in [0.05, 0.1) is 25.5 Å². The Morgan fingerprint density at radius 1 is 1.09 bits per heavy atom. The van der Waals surface area contributed by atoms with Crippen molar-refractivity contribution in [3.63, 3.8) is 0 Å². The summed E-state index contributed by atoms with van der Waals surface area (Å²) in [6.45, 7) is 0.668. The molecule has 0 atom stereocenters. The lowest BCUT2D eigenvalue weighted by Gasteiger charge is -2.11. The number of nitrogen functional groups attached to an aromatic ring is 1. The SMILES string of the molecule is COc1ccc(Cn2c(-c3ccc(Br)cc3)cnc2N)cc1. The maximum absolute atomic E-state index is 6.03. The number of benzene rings is 2. The molecule has 0 aliphatic rings. The fourth-order valence-electron chi connectivity index (χ4n) is 2.32. The predicted octanol–water partition coefficient (Wildman–Crippen LogP) is 3.95. The van der Waals surface area contributed by atoms with E-state index in [1.54, 1.807) is 7.11 Å². The Balaban J connectivity index is 1.93. The highest BCUT2D eigenvalue weighted by atomic mass is 79.9. The van der Waals surface area contributed by atoms with Crippen LogP contribution in [0.3, 0.4) is 0 Å². The van der Waals surface area contributed by atoms with Crippen LogP contribution in [0.4, 0.5) is 5.95 Å². The molecule has 1 aromatic heterocycles. The first kappa shape index (κ1) is 14.7. The quantitative estimate of drug-likeness (QED) is 0.768. The lowest BCUT2D eigenvalue weighted by Crippen LogP contribution is -2.06. The molecule has 3 rings (SSSR count). The van der Waals surface area contributed by atoms with E-state index in [1.165, 1.54) is 0 Å². The van der Waals surface area contributed by atoms with Crippen molar-refractivity contribution in [2.45, 2.75) is 6.54 Å². The topological polar surface area (TPSA) is 53.1 Å². The fraction of sp³-hybridized carbons (Fsp3) is 0.118. The lowest BCUT2D eigenvalue weighted by molar-refractivity contribution is 0.414. The molecular formula is C17H16BrN3O. The van der Waals surface area contributed by atoms with Crippen molar-refractivity contribution in [1.82, 2.24) is 9.55 Å². The molecule has 4 nitrogen and oxygen atoms in total. The van der Waals surface area contributed by atoms with Crippen LogP contribution in [-0.2, 0) is 6.54 Å². The van der Waals surface area contributed by atoms with Crippen molar-refractivity contribution in [3.8, 4) is 17.0 Å². The fourth-order valence-corrected chi connectivity index (χ4v) is 2.59. The average Bonchev–Trinajstić information content (AvgIpc) is 2.90. The Kier molecular flexibility index (Phi) is 4.15. The van der Waals surface area contributed by atoms with Gasteiger partial charge in [-0.3, -0.25) is 0 Å². The maximum Gasteiger partial charge on any atom is 0.200 e. The largest absolute Gasteiger partial charge is 0.497 e. The number of methoxy groups -OCH3 is 1. The second-order valence-corrected chi connectivity index (χ2v) is 5.86. The Morgan fingerprint density at radius 2 is 1.77 bits per heavy atom. The second-order valence-electron chi connectivity index (χ2n) is 4.94. The third-order valence-corrected chi connectivity index (χ3v) is 4.05. The van der Waals surface area contributed by atoms with Gasteiger partial charge in [0.2, 0.25) is 5.95 Å². The van der Waals surface area contributed by atoms with E-state index in [1.807, 2.05) is 59.3 Å². The summed E-state index contributed by atoms with van der Waals surface area (Å²) in [5.41, 5.74) is 9.26. The van der Waals surface area contributed by atoms with Crippen molar-refractivity contribution in [3.05, 3.63) is 64.8 Å². The summed E-state index contributed by atoms with van der Waals surface area (Å²) >= 11 is 3.45. The van der Waals surface area contributed by atoms with Gasteiger partial charge in [-0.25, -0.2) is 4.98 Å². The molecule has 2 aromatic carbocycles. The van der Waals surface area contributed by atoms with Crippen molar-refractivity contribution >= 4 is 21.9 Å². The minimum atomic E-state index is 0.508. The van der Waals surface area contributed by atoms with E-state index in [4.69, 9.17) is 10.5 Å². The van der Waals surface area contributed by atoms with E-state index in [0.717, 1.165) is 27.0 Å². The van der Waals surface area contributed by atoms with Crippen LogP contribution in [0.2, 0.25) is 0 Å². The van der Waals surface area contributed by atoms with Gasteiger partial charge in [-0.15, -0.1) is 0 Å². The van der Waals surface area contributed by atoms with E-state index in [-0.39, 0.29) is 0 Å². The van der Waals surface area contributed by atoms with E-state index in [2.05, 4.69) is 20.9 Å². The molecule has 0 saturated carbocycles. The Labute approximate surface area is 137 Å². The zero-order chi connectivity index (χ0) is 15.5. The molecule has 22 heavy (non-hydrogen) atoms. The minimum Gasteiger partial charge on any atom is -0.497 e. The number of halogens is 1. The average molecular weight is 358 g/mol. The zero-order valence-corrected chi connectivity index (χ0v) is 13.7. The van der Waals surface area contributed by atoms with Gasteiger partial charge < -0.3 is 15.0 Å². The van der Waals surface area contributed by atoms with Crippen LogP contribution >= 0.6 is 15.9 Å². The Hall–Kier alpha value is -2.27. The molecule has 0 amide bonds. The number of anilines is 1. The molecule has 0 unspecified atom stereocenters. The zero-order valence-electron chi connectivity index (χ0n) is 12.2. The van der Waals surface area contributed by atoms with Crippen LogP contribution in [0, 0.1) is 0 Å². The Bertz CT molecular complexity index is 764. The van der Waals surface area contributed by atoms with Crippen LogP contribution in [0.1, 0.15) is 5.56 Å². The van der Waals surface area contributed by atoms with Crippen LogP contribution in [0.25, 0.3) is 11.3 Å². The minimum absolute atomic E-state index is 0.508. The molecule has 112 valence electrons. The van der Waals surface area contributed by atoms with E-state index < -0.39 is 0 Å². The summed E-state index contributed by atoms with van der Waals surface area (Å²) in [5.74, 6) is 1.35. The summed E-state index contributed by atoms with van der Waals surface area (Å²) in [5, 5.41) is 0. The van der Waals surface area contributed by atoms with E-state index in [0.29, 0.717) is 12.5 Å². The summed E-state index contributed by atoms with van der Waals surface area (Å²) in [4.78, 5) is 4.25. The molecule has 0 aliphatic carbocycles. The van der Waals surface area contributed by atoms with E-state index in [9.17, 15) is 0 Å². The first-order chi connectivity index (χ1) is 10.7. The lowest BCUT2D eigenvalue weighted by atomic mass is 10.1. The van der Waals surface area contributed by atoms with Crippen molar-refractivity contribution in [2.75, 3.05) is 12.8 Å². The van der Waals surface area contributed by atoms with Gasteiger partial charge in [-0.05, 0) is 35.4 Å². The Morgan fingerprint density at radius 3 is 2.41 bits per heavy atom. The summed E-state index contributed by atoms with van der Waals surface area (Å²) in [7, 11) is 1.66. The normalized spacial score (nSPS) is 10.6. The summed E-state index contributed by atoms with van der Waals surface area (Å²) < 4.78 is 8.24. The highest BCUT2D eigenvalue weighted by molar-refractivity contribution is 9.10. The van der Waals surface area contributed by atoms with Crippen molar-refractivity contribution < 1.29 is 4.74 Å². The molecule has 2 N–H and O–H groups in total. The molecule has 0 aliphatic heterocycles. The van der Waals surface area contributed by atoms with Crippen LogP contribution in [-0.4, -0.2) is 16.7 Å². The van der Waals surface area contributed by atoms with Gasteiger partial charge in [-0.1, -0.05) is 40.2 Å². The molecule has 0 spiro atoms. The van der Waals surface area contributed by atoms with Gasteiger partial charge in [0, 0.05) is 4.47 Å². The number of hydrogen-bond acceptors (Lipinski definition) is 3. The highest BCUT2D eigenvalue weighted by Gasteiger charge is 2.10. The van der Waals surface area contributed by atoms with Gasteiger partial charge >= 0.3 is 0 Å². The van der Waals surface area contributed by atoms with Crippen LogP contribution in [0.15, 0.2) is 59.2 Å². The third kappa shape index (κ3) is 2.99. The molecule has 5 heteroatoms. The smallest absolute Gasteiger partial charge is 0.200 e. The molecule has 0 radical (unpaired) electrons. The maximum atomic E-state index is 6.03. The van der Waals surface area contributed by atoms with Gasteiger partial charge in [0.25, 0.3) is 0 Å². The van der Waals surface area contributed by atoms with Crippen molar-refractivity contribution in [1.29, 1.82) is 0 Å². The molecule has 0 bridgehead atoms. The number of nitrogens with two attached hydrogens (primary N) is 1. The number of hydrogen-bond donors (Lipinski definition) is 1. The van der Waals surface area contributed by atoms with Gasteiger partial charge in [0.1, 0.15) is 5.75 Å². The number of ether oxygens (including phenoxy) is 1. The van der Waals surface area contributed by atoms with Gasteiger partial charge in [-0.2, -0.15) is 0 Å². The van der Waals surface area contributed by atoms with Crippen LogP contribution < -0.4 is 10.5 Å². The monoisotopic (exact) mass is 357 g/mol. The first-order valence-electron chi connectivity index (χ1n) is 6.87. The van der Waals surface area contributed by atoms with Gasteiger partial charge in [0.15, 0.2) is 0 Å². The molecule has 0 saturated heterocycles. The standard InChI is InChI=1S/C17H16BrN3O/c1-22-15-8-2-12(3-9-15)11-21-16(10-20-17(21)19)13-4-6-14(18)7-5-13/h2-10H,11H2,1H3,(H2,19,20). The number of aromatic nitrogens is 2. The molecule has 1 heterocycles. The predicted molar refractivity (Wildman–Crippen MR) is 91.9 cm³/mol. The number of rotatable bonds is 4. The van der Waals surface area contributed by atoms with Crippen molar-refractivity contribution in [2.24, 2.45) is 0 Å². The second kappa shape index (κ2) is 6.23. The summed E-state index contributed by atoms with van der Waals surface area (Å²) in [6.07, 6.45) is 1.81. The summed E-state index contributed by atoms with van der Waals surface area (Å²) in [6, 6.07) is 16.1. The highest BCUT2D eigenvalue weighted by Crippen LogP contribution is 2.25. The molecule has 3 aromatic rings. The van der Waals surface area contributed by atoms with Crippen LogP contribution in [0.5, 0.6) is 5.75 Å². The first-order valence-corrected chi connectivity index (χ1v) is 7.66.